The number of hydrogen-bond acceptors (Lipinski definition) is 6. The molecule has 1 unspecified atom stereocenters. The molecule has 8 heteroatoms. The molecule has 102 valence electrons. The summed E-state index contributed by atoms with van der Waals surface area (Å²) in [7, 11) is -0.111. The van der Waals surface area contributed by atoms with E-state index in [9.17, 15) is 13.2 Å². The summed E-state index contributed by atoms with van der Waals surface area (Å²) < 4.78 is 28.4. The lowest BCUT2D eigenvalue weighted by molar-refractivity contribution is 0.0947. The van der Waals surface area contributed by atoms with Gasteiger partial charge < -0.3 is 10.5 Å². The number of aromatic nitrogens is 2. The second-order valence-corrected chi connectivity index (χ2v) is 6.33. The Morgan fingerprint density at radius 1 is 1.61 bits per heavy atom. The Balaban J connectivity index is 2.83. The van der Waals surface area contributed by atoms with Gasteiger partial charge in [0.15, 0.2) is 5.75 Å². The highest BCUT2D eigenvalue weighted by Gasteiger charge is 2.24. The molecule has 1 heterocycles. The van der Waals surface area contributed by atoms with Crippen molar-refractivity contribution in [2.24, 2.45) is 12.8 Å². The molecule has 0 aliphatic heterocycles. The molecule has 1 aromatic rings. The van der Waals surface area contributed by atoms with Gasteiger partial charge in [0.2, 0.25) is 5.78 Å². The highest BCUT2D eigenvalue weighted by atomic mass is 32.2. The average molecular weight is 275 g/mol. The number of Topliss-reactive ketones (excluding diaryl/α,β-unsaturated/α-hetero) is 1. The number of ether oxygens (including phenoxy) is 1. The van der Waals surface area contributed by atoms with Crippen LogP contribution in [0.5, 0.6) is 5.75 Å². The average Bonchev–Trinajstić information content (AvgIpc) is 2.65. The summed E-state index contributed by atoms with van der Waals surface area (Å²) in [6.07, 6.45) is 2.59. The minimum Gasteiger partial charge on any atom is -0.493 e. The first kappa shape index (κ1) is 14.7. The number of nitrogens with two attached hydrogens (primary N) is 1. The van der Waals surface area contributed by atoms with E-state index >= 15 is 0 Å². The predicted molar refractivity (Wildman–Crippen MR) is 66.4 cm³/mol. The van der Waals surface area contributed by atoms with Crippen molar-refractivity contribution in [1.29, 1.82) is 0 Å². The maximum atomic E-state index is 12.1. The van der Waals surface area contributed by atoms with E-state index < -0.39 is 15.9 Å². The zero-order valence-corrected chi connectivity index (χ0v) is 11.4. The van der Waals surface area contributed by atoms with Crippen molar-refractivity contribution >= 4 is 15.6 Å². The Hall–Kier alpha value is -1.41. The van der Waals surface area contributed by atoms with Crippen LogP contribution < -0.4 is 10.5 Å². The number of nitrogens with zero attached hydrogens (tertiary/aromatic N) is 2. The fraction of sp³-hybridized carbons (Fsp3) is 0.600. The first-order valence-corrected chi connectivity index (χ1v) is 7.36. The molecule has 0 aliphatic rings. The molecule has 2 N–H and O–H groups in total. The molecule has 1 atom stereocenters. The van der Waals surface area contributed by atoms with Crippen LogP contribution in [0.4, 0.5) is 0 Å². The normalized spacial score (nSPS) is 13.3. The number of ketones is 1. The number of carbonyl (C=O) groups excluding carboxylic acids is 1. The lowest BCUT2D eigenvalue weighted by atomic mass is 10.1. The fourth-order valence-electron chi connectivity index (χ4n) is 1.50. The first-order chi connectivity index (χ1) is 8.26. The van der Waals surface area contributed by atoms with Crippen LogP contribution in [-0.2, 0) is 16.9 Å². The second kappa shape index (κ2) is 5.49. The molecule has 0 radical (unpaired) electrons. The monoisotopic (exact) mass is 275 g/mol. The SMILES string of the molecule is COc1cnn(C)c1C(=O)C(N)CCS(C)(=O)=O. The van der Waals surface area contributed by atoms with Gasteiger partial charge in [0, 0.05) is 13.3 Å². The number of hydrogen-bond donors (Lipinski definition) is 1. The van der Waals surface area contributed by atoms with E-state index in [4.69, 9.17) is 10.5 Å². The maximum Gasteiger partial charge on any atom is 0.201 e. The van der Waals surface area contributed by atoms with Crippen LogP contribution in [0, 0.1) is 0 Å². The topological polar surface area (TPSA) is 104 Å². The molecular formula is C10H17N3O4S. The van der Waals surface area contributed by atoms with Crippen LogP contribution >= 0.6 is 0 Å². The first-order valence-electron chi connectivity index (χ1n) is 5.29. The van der Waals surface area contributed by atoms with E-state index in [1.54, 1.807) is 7.05 Å². The quantitative estimate of drug-likeness (QED) is 0.693. The highest BCUT2D eigenvalue weighted by molar-refractivity contribution is 7.90. The maximum absolute atomic E-state index is 12.1. The van der Waals surface area contributed by atoms with Crippen molar-refractivity contribution in [3.05, 3.63) is 11.9 Å². The number of methoxy groups -OCH3 is 1. The molecule has 0 spiro atoms. The molecule has 0 aromatic carbocycles. The van der Waals surface area contributed by atoms with Gasteiger partial charge in [-0.05, 0) is 6.42 Å². The summed E-state index contributed by atoms with van der Waals surface area (Å²) in [6, 6.07) is -0.885. The van der Waals surface area contributed by atoms with Gasteiger partial charge in [-0.3, -0.25) is 9.48 Å². The molecule has 0 saturated heterocycles. The van der Waals surface area contributed by atoms with E-state index in [1.165, 1.54) is 18.0 Å². The van der Waals surface area contributed by atoms with Gasteiger partial charge in [-0.1, -0.05) is 0 Å². The molecule has 0 aliphatic carbocycles. The molecule has 1 rings (SSSR count). The van der Waals surface area contributed by atoms with Crippen molar-refractivity contribution in [3.63, 3.8) is 0 Å². The molecule has 7 nitrogen and oxygen atoms in total. The number of sulfone groups is 1. The van der Waals surface area contributed by atoms with Crippen LogP contribution in [0.1, 0.15) is 16.9 Å². The van der Waals surface area contributed by atoms with Crippen molar-refractivity contribution in [2.75, 3.05) is 19.1 Å². The Morgan fingerprint density at radius 2 is 2.22 bits per heavy atom. The molecule has 1 aromatic heterocycles. The molecule has 0 fully saturated rings. The van der Waals surface area contributed by atoms with Gasteiger partial charge in [0.1, 0.15) is 15.5 Å². The minimum absolute atomic E-state index is 0.0754. The van der Waals surface area contributed by atoms with Crippen molar-refractivity contribution in [2.45, 2.75) is 12.5 Å². The van der Waals surface area contributed by atoms with Crippen LogP contribution in [0.25, 0.3) is 0 Å². The lowest BCUT2D eigenvalue weighted by Gasteiger charge is -2.11. The zero-order chi connectivity index (χ0) is 13.9. The second-order valence-electron chi connectivity index (χ2n) is 4.07. The summed E-state index contributed by atoms with van der Waals surface area (Å²) in [5.74, 6) is -0.173. The smallest absolute Gasteiger partial charge is 0.201 e. The Morgan fingerprint density at radius 3 is 2.72 bits per heavy atom. The zero-order valence-electron chi connectivity index (χ0n) is 10.6. The summed E-state index contributed by atoms with van der Waals surface area (Å²) in [6.45, 7) is 0. The summed E-state index contributed by atoms with van der Waals surface area (Å²) in [5, 5.41) is 3.90. The molecule has 0 amide bonds. The standard InChI is InChI=1S/C10H17N3O4S/c1-13-9(8(17-2)6-12-13)10(14)7(11)4-5-18(3,15)16/h6-7H,4-5,11H2,1-3H3. The van der Waals surface area contributed by atoms with Gasteiger partial charge >= 0.3 is 0 Å². The Labute approximate surface area is 106 Å². The van der Waals surface area contributed by atoms with Crippen molar-refractivity contribution < 1.29 is 17.9 Å². The predicted octanol–water partition coefficient (Wildman–Crippen LogP) is -0.627. The fourth-order valence-corrected chi connectivity index (χ4v) is 2.18. The van der Waals surface area contributed by atoms with Crippen LogP contribution in [-0.4, -0.2) is 49.1 Å². The summed E-state index contributed by atoms with van der Waals surface area (Å²) in [4.78, 5) is 12.1. The van der Waals surface area contributed by atoms with Crippen LogP contribution in [0.15, 0.2) is 6.20 Å². The molecule has 18 heavy (non-hydrogen) atoms. The third-order valence-corrected chi connectivity index (χ3v) is 3.47. The van der Waals surface area contributed by atoms with E-state index in [2.05, 4.69) is 5.10 Å². The number of aryl methyl sites for hydroxylation is 1. The minimum atomic E-state index is -3.13. The lowest BCUT2D eigenvalue weighted by Crippen LogP contribution is -2.34. The van der Waals surface area contributed by atoms with Crippen LogP contribution in [0.2, 0.25) is 0 Å². The third kappa shape index (κ3) is 3.54. The third-order valence-electron chi connectivity index (χ3n) is 2.49. The van der Waals surface area contributed by atoms with Crippen molar-refractivity contribution in [1.82, 2.24) is 9.78 Å². The van der Waals surface area contributed by atoms with Gasteiger partial charge in [-0.15, -0.1) is 0 Å². The largest absolute Gasteiger partial charge is 0.493 e. The van der Waals surface area contributed by atoms with Crippen LogP contribution in [0.3, 0.4) is 0 Å². The summed E-state index contributed by atoms with van der Waals surface area (Å²) >= 11 is 0. The Bertz CT molecular complexity index is 535. The number of rotatable bonds is 6. The van der Waals surface area contributed by atoms with Gasteiger partial charge in [0.05, 0.1) is 25.1 Å². The van der Waals surface area contributed by atoms with Gasteiger partial charge in [-0.25, -0.2) is 8.42 Å². The van der Waals surface area contributed by atoms with E-state index in [1.807, 2.05) is 0 Å². The summed E-state index contributed by atoms with van der Waals surface area (Å²) in [5.41, 5.74) is 5.95. The van der Waals surface area contributed by atoms with Gasteiger partial charge in [-0.2, -0.15) is 5.10 Å². The van der Waals surface area contributed by atoms with E-state index in [0.717, 1.165) is 6.26 Å². The number of carbonyl (C=O) groups is 1. The van der Waals surface area contributed by atoms with Gasteiger partial charge in [0.25, 0.3) is 0 Å². The molecular weight excluding hydrogens is 258 g/mol. The van der Waals surface area contributed by atoms with Crippen molar-refractivity contribution in [3.8, 4) is 5.75 Å². The molecule has 0 saturated carbocycles. The highest BCUT2D eigenvalue weighted by Crippen LogP contribution is 2.18. The van der Waals surface area contributed by atoms with E-state index in [-0.39, 0.29) is 23.7 Å². The van der Waals surface area contributed by atoms with E-state index in [0.29, 0.717) is 5.75 Å². The molecule has 0 bridgehead atoms. The Kier molecular flexibility index (Phi) is 4.47.